The molecule has 2 heterocycles. The van der Waals surface area contributed by atoms with Crippen molar-refractivity contribution in [3.63, 3.8) is 0 Å². The summed E-state index contributed by atoms with van der Waals surface area (Å²) in [5, 5.41) is 17.2. The van der Waals surface area contributed by atoms with Crippen LogP contribution in [-0.4, -0.2) is 38.0 Å². The highest BCUT2D eigenvalue weighted by atomic mass is 32.2. The van der Waals surface area contributed by atoms with E-state index in [9.17, 15) is 9.18 Å². The van der Waals surface area contributed by atoms with Gasteiger partial charge in [0.15, 0.2) is 5.82 Å². The molecule has 2 N–H and O–H groups in total. The minimum absolute atomic E-state index is 0.0743. The molecule has 0 radical (unpaired) electrons. The summed E-state index contributed by atoms with van der Waals surface area (Å²) in [4.78, 5) is 14.1. The van der Waals surface area contributed by atoms with Crippen molar-refractivity contribution < 1.29 is 13.6 Å². The van der Waals surface area contributed by atoms with Gasteiger partial charge >= 0.3 is 0 Å². The zero-order chi connectivity index (χ0) is 19.9. The summed E-state index contributed by atoms with van der Waals surface area (Å²) in [6, 6.07) is 11.3. The number of rotatable bonds is 8. The van der Waals surface area contributed by atoms with Gasteiger partial charge in [0.25, 0.3) is 0 Å². The van der Waals surface area contributed by atoms with Crippen molar-refractivity contribution in [1.82, 2.24) is 19.8 Å². The van der Waals surface area contributed by atoms with Crippen LogP contribution in [0.2, 0.25) is 0 Å². The topological polar surface area (TPSA) is 114 Å². The fraction of sp³-hybridized carbons (Fsp3) is 0.222. The quantitative estimate of drug-likeness (QED) is 0.456. The first kappa shape index (κ1) is 19.4. The number of amides is 1. The lowest BCUT2D eigenvalue weighted by molar-refractivity contribution is -0.129. The van der Waals surface area contributed by atoms with E-state index in [1.807, 2.05) is 6.07 Å². The number of halogens is 1. The van der Waals surface area contributed by atoms with Crippen molar-refractivity contribution >= 4 is 17.7 Å². The van der Waals surface area contributed by atoms with Crippen LogP contribution < -0.4 is 5.84 Å². The molecule has 0 aliphatic heterocycles. The lowest BCUT2D eigenvalue weighted by atomic mass is 10.2. The van der Waals surface area contributed by atoms with E-state index in [2.05, 4.69) is 10.2 Å². The molecule has 144 valence electrons. The molecule has 10 heteroatoms. The Labute approximate surface area is 164 Å². The summed E-state index contributed by atoms with van der Waals surface area (Å²) in [7, 11) is 0. The van der Waals surface area contributed by atoms with E-state index in [-0.39, 0.29) is 30.4 Å². The molecule has 0 fully saturated rings. The molecule has 3 aromatic rings. The number of aromatic nitrogens is 3. The molecule has 0 spiro atoms. The van der Waals surface area contributed by atoms with Crippen LogP contribution in [0.5, 0.6) is 0 Å². The lowest BCUT2D eigenvalue weighted by Crippen LogP contribution is -2.32. The van der Waals surface area contributed by atoms with Gasteiger partial charge in [0, 0.05) is 12.1 Å². The van der Waals surface area contributed by atoms with Gasteiger partial charge in [0.1, 0.15) is 11.6 Å². The van der Waals surface area contributed by atoms with Crippen molar-refractivity contribution in [3.8, 4) is 17.5 Å². The fourth-order valence-electron chi connectivity index (χ4n) is 2.46. The summed E-state index contributed by atoms with van der Waals surface area (Å²) < 4.78 is 19.6. The Morgan fingerprint density at radius 1 is 1.32 bits per heavy atom. The number of thioether (sulfide) groups is 1. The zero-order valence-electron chi connectivity index (χ0n) is 14.8. The van der Waals surface area contributed by atoms with Crippen LogP contribution in [0, 0.1) is 17.1 Å². The Hall–Kier alpha value is -3.32. The minimum Gasteiger partial charge on any atom is -0.467 e. The highest BCUT2D eigenvalue weighted by Crippen LogP contribution is 2.22. The van der Waals surface area contributed by atoms with Gasteiger partial charge in [-0.25, -0.2) is 9.07 Å². The molecular formula is C18H17FN6O2S. The first-order valence-corrected chi connectivity index (χ1v) is 9.33. The predicted octanol–water partition coefficient (Wildman–Crippen LogP) is 2.43. The number of benzene rings is 1. The zero-order valence-corrected chi connectivity index (χ0v) is 15.6. The molecule has 2 aromatic heterocycles. The van der Waals surface area contributed by atoms with Crippen LogP contribution in [0.4, 0.5) is 4.39 Å². The van der Waals surface area contributed by atoms with Gasteiger partial charge in [-0.2, -0.15) is 5.26 Å². The number of nitrogens with zero attached hydrogens (tertiary/aromatic N) is 5. The van der Waals surface area contributed by atoms with Crippen molar-refractivity contribution in [1.29, 1.82) is 5.26 Å². The van der Waals surface area contributed by atoms with Gasteiger partial charge in [0.2, 0.25) is 11.1 Å². The maximum atomic E-state index is 13.1. The number of carbonyl (C=O) groups excluding carboxylic acids is 1. The van der Waals surface area contributed by atoms with Crippen molar-refractivity contribution in [2.45, 2.75) is 18.1 Å². The molecule has 28 heavy (non-hydrogen) atoms. The maximum absolute atomic E-state index is 13.1. The molecule has 0 aliphatic carbocycles. The van der Waals surface area contributed by atoms with Crippen molar-refractivity contribution in [3.05, 3.63) is 54.2 Å². The molecule has 1 aromatic carbocycles. The summed E-state index contributed by atoms with van der Waals surface area (Å²) in [5.41, 5.74) is 0.614. The fourth-order valence-corrected chi connectivity index (χ4v) is 3.22. The van der Waals surface area contributed by atoms with E-state index in [1.165, 1.54) is 23.1 Å². The third kappa shape index (κ3) is 4.69. The van der Waals surface area contributed by atoms with E-state index in [0.29, 0.717) is 28.8 Å². The highest BCUT2D eigenvalue weighted by molar-refractivity contribution is 7.99. The number of nitrogen functional groups attached to an aromatic ring is 1. The maximum Gasteiger partial charge on any atom is 0.233 e. The molecule has 8 nitrogen and oxygen atoms in total. The number of nitrogens with two attached hydrogens (primary N) is 1. The van der Waals surface area contributed by atoms with Gasteiger partial charge in [0.05, 0.1) is 31.1 Å². The predicted molar refractivity (Wildman–Crippen MR) is 101 cm³/mol. The molecule has 0 saturated heterocycles. The SMILES string of the molecule is N#CCCN(Cc1ccco1)C(=O)CSc1nnc(-c2ccc(F)cc2)n1N. The normalized spacial score (nSPS) is 10.6. The largest absolute Gasteiger partial charge is 0.467 e. The molecule has 0 atom stereocenters. The first-order chi connectivity index (χ1) is 13.6. The van der Waals surface area contributed by atoms with E-state index in [1.54, 1.807) is 29.2 Å². The Morgan fingerprint density at radius 2 is 2.11 bits per heavy atom. The van der Waals surface area contributed by atoms with Gasteiger partial charge < -0.3 is 15.2 Å². The van der Waals surface area contributed by atoms with E-state index >= 15 is 0 Å². The van der Waals surface area contributed by atoms with Crippen molar-refractivity contribution in [2.75, 3.05) is 18.1 Å². The second-order valence-corrected chi connectivity index (χ2v) is 6.72. The van der Waals surface area contributed by atoms with Gasteiger partial charge in [-0.15, -0.1) is 10.2 Å². The summed E-state index contributed by atoms with van der Waals surface area (Å²) in [6.45, 7) is 0.580. The molecule has 1 amide bonds. The lowest BCUT2D eigenvalue weighted by Gasteiger charge is -2.20. The van der Waals surface area contributed by atoms with Crippen LogP contribution in [0.1, 0.15) is 12.2 Å². The average molecular weight is 400 g/mol. The first-order valence-electron chi connectivity index (χ1n) is 8.35. The number of carbonyl (C=O) groups is 1. The molecule has 0 aliphatic rings. The number of nitriles is 1. The minimum atomic E-state index is -0.360. The van der Waals surface area contributed by atoms with Gasteiger partial charge in [-0.3, -0.25) is 4.79 Å². The Kier molecular flexibility index (Phi) is 6.29. The van der Waals surface area contributed by atoms with Crippen LogP contribution in [-0.2, 0) is 11.3 Å². The third-order valence-electron chi connectivity index (χ3n) is 3.86. The number of hydrogen-bond acceptors (Lipinski definition) is 7. The molecular weight excluding hydrogens is 383 g/mol. The number of furan rings is 1. The van der Waals surface area contributed by atoms with Crippen LogP contribution >= 0.6 is 11.8 Å². The van der Waals surface area contributed by atoms with Crippen LogP contribution in [0.25, 0.3) is 11.4 Å². The standard InChI is InChI=1S/C18H17FN6O2S/c19-14-6-4-13(5-7-14)17-22-23-18(25(17)21)28-12-16(26)24(9-2-8-20)11-15-3-1-10-27-15/h1,3-7,10H,2,9,11-12,21H2. The Bertz CT molecular complexity index is 965. The van der Waals surface area contributed by atoms with E-state index < -0.39 is 0 Å². The summed E-state index contributed by atoms with van der Waals surface area (Å²) in [5.74, 6) is 6.56. The van der Waals surface area contributed by atoms with Crippen molar-refractivity contribution in [2.24, 2.45) is 0 Å². The molecule has 3 rings (SSSR count). The highest BCUT2D eigenvalue weighted by Gasteiger charge is 2.18. The molecule has 0 bridgehead atoms. The summed E-state index contributed by atoms with van der Waals surface area (Å²) in [6.07, 6.45) is 1.75. The second-order valence-electron chi connectivity index (χ2n) is 5.77. The number of hydrogen-bond donors (Lipinski definition) is 1. The van der Waals surface area contributed by atoms with E-state index in [4.69, 9.17) is 15.5 Å². The monoisotopic (exact) mass is 400 g/mol. The second kappa shape index (κ2) is 9.05. The smallest absolute Gasteiger partial charge is 0.233 e. The van der Waals surface area contributed by atoms with Crippen LogP contribution in [0.15, 0.2) is 52.2 Å². The Balaban J connectivity index is 1.65. The third-order valence-corrected chi connectivity index (χ3v) is 4.79. The van der Waals surface area contributed by atoms with Gasteiger partial charge in [-0.1, -0.05) is 11.8 Å². The van der Waals surface area contributed by atoms with Crippen LogP contribution in [0.3, 0.4) is 0 Å². The molecule has 0 unspecified atom stereocenters. The van der Waals surface area contributed by atoms with Gasteiger partial charge in [-0.05, 0) is 36.4 Å². The molecule has 0 saturated carbocycles. The van der Waals surface area contributed by atoms with E-state index in [0.717, 1.165) is 11.8 Å². The Morgan fingerprint density at radius 3 is 2.79 bits per heavy atom. The summed E-state index contributed by atoms with van der Waals surface area (Å²) >= 11 is 1.13. The average Bonchev–Trinajstić information content (AvgIpc) is 3.34.